The zero-order valence-corrected chi connectivity index (χ0v) is 12.6. The number of benzene rings is 2. The van der Waals surface area contributed by atoms with Crippen LogP contribution in [0, 0.1) is 0 Å². The van der Waals surface area contributed by atoms with Gasteiger partial charge in [0.15, 0.2) is 6.10 Å². The van der Waals surface area contributed by atoms with Crippen LogP contribution < -0.4 is 0 Å². The largest absolute Gasteiger partial charge is 0.451 e. The summed E-state index contributed by atoms with van der Waals surface area (Å²) < 4.78 is 5.61. The molecule has 0 fully saturated rings. The molecule has 5 heteroatoms. The Hall–Kier alpha value is -3.21. The van der Waals surface area contributed by atoms with Crippen LogP contribution in [0.4, 0.5) is 0 Å². The molecule has 1 aliphatic carbocycles. The molecule has 0 saturated heterocycles. The Morgan fingerprint density at radius 2 is 1.38 bits per heavy atom. The lowest BCUT2D eigenvalue weighted by Gasteiger charge is -2.18. The molecule has 4 rings (SSSR count). The maximum absolute atomic E-state index is 12.3. The summed E-state index contributed by atoms with van der Waals surface area (Å²) in [6.07, 6.45) is 1.77. The summed E-state index contributed by atoms with van der Waals surface area (Å²) >= 11 is 0. The highest BCUT2D eigenvalue weighted by Gasteiger charge is 2.33. The summed E-state index contributed by atoms with van der Waals surface area (Å²) in [7, 11) is 0. The molecule has 0 atom stereocenters. The summed E-state index contributed by atoms with van der Waals surface area (Å²) in [4.78, 5) is 36.3. The third-order valence-corrected chi connectivity index (χ3v) is 4.21. The van der Waals surface area contributed by atoms with Crippen LogP contribution in [0.25, 0.3) is 11.1 Å². The molecule has 2 aromatic rings. The van der Waals surface area contributed by atoms with Crippen LogP contribution in [-0.2, 0) is 19.1 Å². The van der Waals surface area contributed by atoms with Crippen molar-refractivity contribution in [2.45, 2.75) is 6.10 Å². The molecule has 0 spiro atoms. The fraction of sp³-hybridized carbons (Fsp3) is 0.105. The van der Waals surface area contributed by atoms with Crippen molar-refractivity contribution < 1.29 is 19.1 Å². The minimum Gasteiger partial charge on any atom is -0.451 e. The Bertz CT molecular complexity index is 836. The number of imide groups is 1. The maximum atomic E-state index is 12.3. The zero-order chi connectivity index (χ0) is 16.7. The average molecular weight is 319 g/mol. The Kier molecular flexibility index (Phi) is 3.27. The second kappa shape index (κ2) is 5.45. The molecule has 24 heavy (non-hydrogen) atoms. The first kappa shape index (κ1) is 14.4. The molecule has 0 aromatic heterocycles. The first-order valence-electron chi connectivity index (χ1n) is 7.56. The van der Waals surface area contributed by atoms with Crippen molar-refractivity contribution in [3.05, 3.63) is 71.8 Å². The highest BCUT2D eigenvalue weighted by atomic mass is 16.5. The topological polar surface area (TPSA) is 63.7 Å². The number of esters is 1. The number of ether oxygens (including phenoxy) is 1. The molecule has 1 aliphatic heterocycles. The van der Waals surface area contributed by atoms with Crippen molar-refractivity contribution >= 4 is 17.8 Å². The Balaban J connectivity index is 1.60. The van der Waals surface area contributed by atoms with Gasteiger partial charge in [-0.05, 0) is 11.1 Å². The van der Waals surface area contributed by atoms with Crippen LogP contribution in [0.3, 0.4) is 0 Å². The normalized spacial score (nSPS) is 15.6. The lowest BCUT2D eigenvalue weighted by atomic mass is 10.1. The van der Waals surface area contributed by atoms with Crippen molar-refractivity contribution in [2.24, 2.45) is 0 Å². The molecule has 0 radical (unpaired) electrons. The quantitative estimate of drug-likeness (QED) is 0.643. The van der Waals surface area contributed by atoms with Crippen molar-refractivity contribution in [2.75, 3.05) is 6.54 Å². The Labute approximate surface area is 138 Å². The van der Waals surface area contributed by atoms with E-state index < -0.39 is 23.9 Å². The van der Waals surface area contributed by atoms with Crippen molar-refractivity contribution in [3.63, 3.8) is 0 Å². The molecule has 2 aromatic carbocycles. The highest BCUT2D eigenvalue weighted by Crippen LogP contribution is 2.45. The number of carbonyl (C=O) groups is 3. The molecule has 0 bridgehead atoms. The van der Waals surface area contributed by atoms with Crippen LogP contribution in [0.2, 0.25) is 0 Å². The van der Waals surface area contributed by atoms with Gasteiger partial charge in [-0.1, -0.05) is 48.5 Å². The number of hydrogen-bond donors (Lipinski definition) is 0. The van der Waals surface area contributed by atoms with Gasteiger partial charge in [0, 0.05) is 23.3 Å². The van der Waals surface area contributed by atoms with Gasteiger partial charge in [0.25, 0.3) is 11.8 Å². The summed E-state index contributed by atoms with van der Waals surface area (Å²) in [5, 5.41) is 0. The summed E-state index contributed by atoms with van der Waals surface area (Å²) in [5.74, 6) is -1.61. The van der Waals surface area contributed by atoms with Gasteiger partial charge in [-0.3, -0.25) is 19.3 Å². The summed E-state index contributed by atoms with van der Waals surface area (Å²) in [5.41, 5.74) is 3.87. The second-order valence-electron chi connectivity index (χ2n) is 5.64. The van der Waals surface area contributed by atoms with Gasteiger partial charge in [-0.25, -0.2) is 0 Å². The van der Waals surface area contributed by atoms with Gasteiger partial charge < -0.3 is 4.74 Å². The van der Waals surface area contributed by atoms with E-state index in [0.29, 0.717) is 0 Å². The van der Waals surface area contributed by atoms with E-state index in [1.807, 2.05) is 48.5 Å². The van der Waals surface area contributed by atoms with Gasteiger partial charge in [0.2, 0.25) is 0 Å². The Morgan fingerprint density at radius 1 is 0.875 bits per heavy atom. The number of rotatable bonds is 3. The molecule has 0 N–H and O–H groups in total. The van der Waals surface area contributed by atoms with E-state index in [9.17, 15) is 14.4 Å². The lowest BCUT2D eigenvalue weighted by molar-refractivity contribution is -0.154. The van der Waals surface area contributed by atoms with Gasteiger partial charge in [-0.15, -0.1) is 0 Å². The van der Waals surface area contributed by atoms with Crippen LogP contribution in [0.15, 0.2) is 60.7 Å². The molecule has 5 nitrogen and oxygen atoms in total. The standard InChI is InChI=1S/C19H13NO4/c21-16-9-10-17(22)20(16)11-18(23)24-19-14-7-3-1-5-12(14)13-6-2-4-8-15(13)19/h1-10,19H,11H2. The van der Waals surface area contributed by atoms with E-state index in [-0.39, 0.29) is 6.54 Å². The molecule has 1 heterocycles. The highest BCUT2D eigenvalue weighted by molar-refractivity contribution is 6.14. The van der Waals surface area contributed by atoms with Gasteiger partial charge in [-0.2, -0.15) is 0 Å². The Morgan fingerprint density at radius 3 is 1.92 bits per heavy atom. The molecule has 118 valence electrons. The average Bonchev–Trinajstić information content (AvgIpc) is 3.08. The second-order valence-corrected chi connectivity index (χ2v) is 5.64. The van der Waals surface area contributed by atoms with E-state index in [0.717, 1.165) is 39.3 Å². The monoisotopic (exact) mass is 319 g/mol. The van der Waals surface area contributed by atoms with E-state index in [4.69, 9.17) is 4.74 Å². The SMILES string of the molecule is O=C(CN1C(=O)C=CC1=O)OC1c2ccccc2-c2ccccc21. The fourth-order valence-electron chi connectivity index (χ4n) is 3.12. The van der Waals surface area contributed by atoms with Gasteiger partial charge >= 0.3 is 5.97 Å². The van der Waals surface area contributed by atoms with Crippen LogP contribution in [0.1, 0.15) is 17.2 Å². The maximum Gasteiger partial charge on any atom is 0.327 e. The number of carbonyl (C=O) groups excluding carboxylic acids is 3. The number of fused-ring (bicyclic) bond motifs is 3. The number of hydrogen-bond acceptors (Lipinski definition) is 4. The third kappa shape index (κ3) is 2.22. The van der Waals surface area contributed by atoms with E-state index >= 15 is 0 Å². The lowest BCUT2D eigenvalue weighted by Crippen LogP contribution is -2.36. The first-order chi connectivity index (χ1) is 11.6. The molecular weight excluding hydrogens is 306 g/mol. The third-order valence-electron chi connectivity index (χ3n) is 4.21. The predicted octanol–water partition coefficient (Wildman–Crippen LogP) is 2.22. The van der Waals surface area contributed by atoms with Crippen LogP contribution in [-0.4, -0.2) is 29.2 Å². The van der Waals surface area contributed by atoms with E-state index in [1.54, 1.807) is 0 Å². The number of nitrogens with zero attached hydrogens (tertiary/aromatic N) is 1. The minimum absolute atomic E-state index is 0.383. The van der Waals surface area contributed by atoms with Crippen molar-refractivity contribution in [3.8, 4) is 11.1 Å². The number of amides is 2. The first-order valence-corrected chi connectivity index (χ1v) is 7.56. The molecule has 0 unspecified atom stereocenters. The van der Waals surface area contributed by atoms with E-state index in [2.05, 4.69) is 0 Å². The predicted molar refractivity (Wildman–Crippen MR) is 85.7 cm³/mol. The smallest absolute Gasteiger partial charge is 0.327 e. The minimum atomic E-state index is -0.614. The van der Waals surface area contributed by atoms with Gasteiger partial charge in [0.05, 0.1) is 0 Å². The van der Waals surface area contributed by atoms with Crippen LogP contribution >= 0.6 is 0 Å². The van der Waals surface area contributed by atoms with Gasteiger partial charge in [0.1, 0.15) is 6.54 Å². The van der Waals surface area contributed by atoms with E-state index in [1.165, 1.54) is 0 Å². The van der Waals surface area contributed by atoms with Crippen molar-refractivity contribution in [1.29, 1.82) is 0 Å². The van der Waals surface area contributed by atoms with Crippen molar-refractivity contribution in [1.82, 2.24) is 4.90 Å². The summed E-state index contributed by atoms with van der Waals surface area (Å²) in [6, 6.07) is 15.5. The molecule has 2 amide bonds. The molecule has 0 saturated carbocycles. The fourth-order valence-corrected chi connectivity index (χ4v) is 3.12. The molecular formula is C19H13NO4. The van der Waals surface area contributed by atoms with Crippen LogP contribution in [0.5, 0.6) is 0 Å². The summed E-state index contributed by atoms with van der Waals surface area (Å²) in [6.45, 7) is -0.383. The molecule has 2 aliphatic rings. The zero-order valence-electron chi connectivity index (χ0n) is 12.6.